The zero-order valence-electron chi connectivity index (χ0n) is 5.50. The zero-order valence-corrected chi connectivity index (χ0v) is 5.50. The van der Waals surface area contributed by atoms with E-state index in [0.717, 1.165) is 0 Å². The fraction of sp³-hybridized carbons (Fsp3) is 0.600. The molecule has 0 aliphatic heterocycles. The summed E-state index contributed by atoms with van der Waals surface area (Å²) in [7, 11) is 0. The Morgan fingerprint density at radius 1 is 1.70 bits per heavy atom. The number of carboxylic acids is 1. The van der Waals surface area contributed by atoms with Gasteiger partial charge >= 0.3 is 5.97 Å². The van der Waals surface area contributed by atoms with Gasteiger partial charge in [0.1, 0.15) is 5.84 Å². The highest BCUT2D eigenvalue weighted by Gasteiger charge is 2.07. The van der Waals surface area contributed by atoms with Gasteiger partial charge in [-0.15, -0.1) is 0 Å². The number of aliphatic carboxylic acids is 1. The molecule has 0 heterocycles. The molecule has 58 valence electrons. The molecule has 0 bridgehead atoms. The third kappa shape index (κ3) is 3.85. The van der Waals surface area contributed by atoms with E-state index in [0.29, 0.717) is 0 Å². The predicted molar refractivity (Wildman–Crippen MR) is 36.8 cm³/mol. The standard InChI is InChI=1S/C5H11N3O2/c6-3(5(7)8)1-2-4(9)10/h3H,1-2,6H2,(H3,7,8)(H,9,10). The molecule has 0 spiro atoms. The SMILES string of the molecule is N=C(N)C(N)CCC(=O)O. The molecule has 6 N–H and O–H groups in total. The molecule has 10 heavy (non-hydrogen) atoms. The fourth-order valence-electron chi connectivity index (χ4n) is 0.434. The first-order valence-electron chi connectivity index (χ1n) is 2.85. The number of amidine groups is 1. The summed E-state index contributed by atoms with van der Waals surface area (Å²) in [5, 5.41) is 15.0. The van der Waals surface area contributed by atoms with Crippen molar-refractivity contribution in [1.29, 1.82) is 5.41 Å². The van der Waals surface area contributed by atoms with E-state index >= 15 is 0 Å². The summed E-state index contributed by atoms with van der Waals surface area (Å²) in [6, 6.07) is -0.615. The van der Waals surface area contributed by atoms with E-state index in [2.05, 4.69) is 0 Å². The van der Waals surface area contributed by atoms with Crippen LogP contribution >= 0.6 is 0 Å². The van der Waals surface area contributed by atoms with Crippen LogP contribution in [0.15, 0.2) is 0 Å². The Hall–Kier alpha value is -1.10. The van der Waals surface area contributed by atoms with E-state index < -0.39 is 12.0 Å². The zero-order chi connectivity index (χ0) is 8.15. The Kier molecular flexibility index (Phi) is 3.42. The van der Waals surface area contributed by atoms with Gasteiger partial charge in [0.15, 0.2) is 0 Å². The molecule has 0 saturated carbocycles. The second-order valence-corrected chi connectivity index (χ2v) is 1.99. The minimum absolute atomic E-state index is 0.0409. The lowest BCUT2D eigenvalue weighted by atomic mass is 10.1. The number of hydrogen-bond acceptors (Lipinski definition) is 3. The summed E-state index contributed by atoms with van der Waals surface area (Å²) < 4.78 is 0. The van der Waals surface area contributed by atoms with E-state index in [-0.39, 0.29) is 18.7 Å². The summed E-state index contributed by atoms with van der Waals surface area (Å²) in [4.78, 5) is 9.96. The highest BCUT2D eigenvalue weighted by Crippen LogP contribution is 1.92. The first kappa shape index (κ1) is 8.90. The van der Waals surface area contributed by atoms with Crippen LogP contribution in [-0.2, 0) is 4.79 Å². The Labute approximate surface area is 58.5 Å². The Morgan fingerprint density at radius 3 is 2.50 bits per heavy atom. The molecule has 1 atom stereocenters. The molecule has 0 rings (SSSR count). The molecule has 5 nitrogen and oxygen atoms in total. The second-order valence-electron chi connectivity index (χ2n) is 1.99. The van der Waals surface area contributed by atoms with Crippen molar-refractivity contribution in [3.05, 3.63) is 0 Å². The van der Waals surface area contributed by atoms with E-state index in [4.69, 9.17) is 22.0 Å². The van der Waals surface area contributed by atoms with Gasteiger partial charge in [0.25, 0.3) is 0 Å². The summed E-state index contributed by atoms with van der Waals surface area (Å²) in [5.41, 5.74) is 10.2. The van der Waals surface area contributed by atoms with Gasteiger partial charge in [-0.2, -0.15) is 0 Å². The topological polar surface area (TPSA) is 113 Å². The highest BCUT2D eigenvalue weighted by atomic mass is 16.4. The van der Waals surface area contributed by atoms with Gasteiger partial charge in [0.2, 0.25) is 0 Å². The maximum absolute atomic E-state index is 9.96. The predicted octanol–water partition coefficient (Wildman–Crippen LogP) is -0.886. The van der Waals surface area contributed by atoms with Crippen LogP contribution < -0.4 is 11.5 Å². The summed E-state index contributed by atoms with van der Waals surface area (Å²) >= 11 is 0. The molecule has 1 unspecified atom stereocenters. The Bertz CT molecular complexity index is 146. The van der Waals surface area contributed by atoms with Crippen molar-refractivity contribution in [1.82, 2.24) is 0 Å². The van der Waals surface area contributed by atoms with Crippen LogP contribution in [0, 0.1) is 5.41 Å². The van der Waals surface area contributed by atoms with E-state index in [9.17, 15) is 4.79 Å². The molecule has 5 heteroatoms. The molecule has 0 radical (unpaired) electrons. The normalized spacial score (nSPS) is 12.5. The van der Waals surface area contributed by atoms with Crippen LogP contribution in [0.5, 0.6) is 0 Å². The van der Waals surface area contributed by atoms with Crippen LogP contribution in [0.4, 0.5) is 0 Å². The van der Waals surface area contributed by atoms with Crippen molar-refractivity contribution < 1.29 is 9.90 Å². The van der Waals surface area contributed by atoms with Crippen molar-refractivity contribution in [2.24, 2.45) is 11.5 Å². The van der Waals surface area contributed by atoms with Crippen LogP contribution in [-0.4, -0.2) is 23.0 Å². The monoisotopic (exact) mass is 145 g/mol. The van der Waals surface area contributed by atoms with Crippen molar-refractivity contribution in [2.45, 2.75) is 18.9 Å². The van der Waals surface area contributed by atoms with Gasteiger partial charge in [-0.3, -0.25) is 10.2 Å². The maximum Gasteiger partial charge on any atom is 0.303 e. The number of hydrogen-bond donors (Lipinski definition) is 4. The van der Waals surface area contributed by atoms with E-state index in [1.165, 1.54) is 0 Å². The van der Waals surface area contributed by atoms with E-state index in [1.807, 2.05) is 0 Å². The maximum atomic E-state index is 9.96. The molecule has 0 fully saturated rings. The summed E-state index contributed by atoms with van der Waals surface area (Å²) in [6.07, 6.45) is 0.186. The van der Waals surface area contributed by atoms with Gasteiger partial charge in [-0.1, -0.05) is 0 Å². The van der Waals surface area contributed by atoms with Crippen molar-refractivity contribution >= 4 is 11.8 Å². The molecule has 0 aliphatic carbocycles. The van der Waals surface area contributed by atoms with Gasteiger partial charge in [-0.25, -0.2) is 0 Å². The van der Waals surface area contributed by atoms with Crippen LogP contribution in [0.25, 0.3) is 0 Å². The highest BCUT2D eigenvalue weighted by molar-refractivity contribution is 5.82. The molecule has 0 amide bonds. The molecule has 0 aromatic rings. The second kappa shape index (κ2) is 3.84. The van der Waals surface area contributed by atoms with Crippen LogP contribution in [0.3, 0.4) is 0 Å². The number of nitrogens with two attached hydrogens (primary N) is 2. The molecular weight excluding hydrogens is 134 g/mol. The molecule has 0 aromatic carbocycles. The van der Waals surface area contributed by atoms with Gasteiger partial charge in [0, 0.05) is 6.42 Å². The largest absolute Gasteiger partial charge is 0.481 e. The average Bonchev–Trinajstić information content (AvgIpc) is 1.82. The summed E-state index contributed by atoms with van der Waals surface area (Å²) in [6.45, 7) is 0. The minimum Gasteiger partial charge on any atom is -0.481 e. The lowest BCUT2D eigenvalue weighted by molar-refractivity contribution is -0.137. The number of carbonyl (C=O) groups is 1. The smallest absolute Gasteiger partial charge is 0.303 e. The number of nitrogens with one attached hydrogen (secondary N) is 1. The van der Waals surface area contributed by atoms with Crippen LogP contribution in [0.1, 0.15) is 12.8 Å². The first-order valence-corrected chi connectivity index (χ1v) is 2.85. The Morgan fingerprint density at radius 2 is 2.20 bits per heavy atom. The molecular formula is C5H11N3O2. The summed E-state index contributed by atoms with van der Waals surface area (Å²) in [5.74, 6) is -1.09. The van der Waals surface area contributed by atoms with Crippen molar-refractivity contribution in [3.8, 4) is 0 Å². The fourth-order valence-corrected chi connectivity index (χ4v) is 0.434. The third-order valence-corrected chi connectivity index (χ3v) is 1.07. The molecule has 0 saturated heterocycles. The first-order chi connectivity index (χ1) is 4.54. The lowest BCUT2D eigenvalue weighted by Crippen LogP contribution is -2.36. The van der Waals surface area contributed by atoms with Gasteiger partial charge in [-0.05, 0) is 6.42 Å². The minimum atomic E-state index is -0.920. The lowest BCUT2D eigenvalue weighted by Gasteiger charge is -2.05. The molecule has 0 aromatic heterocycles. The molecule has 0 aliphatic rings. The third-order valence-electron chi connectivity index (χ3n) is 1.07. The van der Waals surface area contributed by atoms with Crippen LogP contribution in [0.2, 0.25) is 0 Å². The van der Waals surface area contributed by atoms with Crippen molar-refractivity contribution in [2.75, 3.05) is 0 Å². The number of rotatable bonds is 4. The Balaban J connectivity index is 3.49. The average molecular weight is 145 g/mol. The van der Waals surface area contributed by atoms with Gasteiger partial charge in [0.05, 0.1) is 6.04 Å². The quantitative estimate of drug-likeness (QED) is 0.303. The number of carboxylic acid groups (broad SMARTS) is 1. The van der Waals surface area contributed by atoms with Gasteiger partial charge < -0.3 is 16.6 Å². The van der Waals surface area contributed by atoms with E-state index in [1.54, 1.807) is 0 Å². The van der Waals surface area contributed by atoms with Crippen molar-refractivity contribution in [3.63, 3.8) is 0 Å².